The van der Waals surface area contributed by atoms with Gasteiger partial charge in [0, 0.05) is 12.1 Å². The fourth-order valence-electron chi connectivity index (χ4n) is 1.63. The molecule has 0 N–H and O–H groups in total. The Labute approximate surface area is 119 Å². The van der Waals surface area contributed by atoms with Gasteiger partial charge in [-0.25, -0.2) is 8.42 Å². The zero-order valence-corrected chi connectivity index (χ0v) is 12.8. The third kappa shape index (κ3) is 3.71. The van der Waals surface area contributed by atoms with Crippen molar-refractivity contribution >= 4 is 16.0 Å². The van der Waals surface area contributed by atoms with E-state index < -0.39 is 16.0 Å². The van der Waals surface area contributed by atoms with E-state index >= 15 is 0 Å². The predicted octanol–water partition coefficient (Wildman–Crippen LogP) is 1.27. The lowest BCUT2D eigenvalue weighted by atomic mass is 10.3. The number of sulfonamides is 1. The average Bonchev–Trinajstić information content (AvgIpc) is 2.43. The molecule has 0 fully saturated rings. The minimum Gasteiger partial charge on any atom is -0.497 e. The van der Waals surface area contributed by atoms with Crippen molar-refractivity contribution in [3.8, 4) is 5.75 Å². The highest BCUT2D eigenvalue weighted by atomic mass is 32.2. The summed E-state index contributed by atoms with van der Waals surface area (Å²) in [4.78, 5) is 11.5. The van der Waals surface area contributed by atoms with Gasteiger partial charge >= 0.3 is 5.97 Å². The molecule has 0 aliphatic rings. The van der Waals surface area contributed by atoms with E-state index in [1.807, 2.05) is 0 Å². The second-order valence-corrected chi connectivity index (χ2v) is 6.29. The largest absolute Gasteiger partial charge is 0.497 e. The Bertz CT molecular complexity index is 568. The summed E-state index contributed by atoms with van der Waals surface area (Å²) in [6, 6.07) is 5.75. The van der Waals surface area contributed by atoms with Crippen molar-refractivity contribution in [2.75, 3.05) is 20.8 Å². The molecule has 1 aromatic carbocycles. The van der Waals surface area contributed by atoms with Crippen molar-refractivity contribution in [2.24, 2.45) is 0 Å². The van der Waals surface area contributed by atoms with Crippen molar-refractivity contribution < 1.29 is 22.7 Å². The lowest BCUT2D eigenvalue weighted by Gasteiger charge is -2.24. The van der Waals surface area contributed by atoms with Gasteiger partial charge in [-0.3, -0.25) is 4.79 Å². The highest BCUT2D eigenvalue weighted by Gasteiger charge is 2.29. The van der Waals surface area contributed by atoms with Crippen molar-refractivity contribution in [2.45, 2.75) is 24.8 Å². The highest BCUT2D eigenvalue weighted by Crippen LogP contribution is 2.22. The number of methoxy groups -OCH3 is 2. The van der Waals surface area contributed by atoms with Gasteiger partial charge in [0.2, 0.25) is 10.0 Å². The Balaban J connectivity index is 3.18. The van der Waals surface area contributed by atoms with Crippen LogP contribution in [0.15, 0.2) is 29.2 Å². The topological polar surface area (TPSA) is 72.9 Å². The van der Waals surface area contributed by atoms with Gasteiger partial charge < -0.3 is 9.47 Å². The highest BCUT2D eigenvalue weighted by molar-refractivity contribution is 7.89. The monoisotopic (exact) mass is 301 g/mol. The molecule has 0 aromatic heterocycles. The summed E-state index contributed by atoms with van der Waals surface area (Å²) in [6.07, 6.45) is 0. The van der Waals surface area contributed by atoms with E-state index in [1.54, 1.807) is 26.0 Å². The summed E-state index contributed by atoms with van der Waals surface area (Å²) in [6.45, 7) is 3.06. The van der Waals surface area contributed by atoms with E-state index in [9.17, 15) is 13.2 Å². The van der Waals surface area contributed by atoms with Gasteiger partial charge in [0.1, 0.15) is 12.3 Å². The van der Waals surface area contributed by atoms with Crippen LogP contribution in [-0.2, 0) is 19.6 Å². The summed E-state index contributed by atoms with van der Waals surface area (Å²) in [7, 11) is -1.11. The van der Waals surface area contributed by atoms with Crippen molar-refractivity contribution in [3.63, 3.8) is 0 Å². The van der Waals surface area contributed by atoms with E-state index in [0.717, 1.165) is 4.31 Å². The molecule has 0 amide bonds. The van der Waals surface area contributed by atoms with Gasteiger partial charge in [-0.05, 0) is 26.0 Å². The Kier molecular flexibility index (Phi) is 5.52. The van der Waals surface area contributed by atoms with Crippen molar-refractivity contribution in [1.29, 1.82) is 0 Å². The molecule has 0 radical (unpaired) electrons. The minimum atomic E-state index is -3.79. The van der Waals surface area contributed by atoms with Gasteiger partial charge in [-0.1, -0.05) is 6.07 Å². The lowest BCUT2D eigenvalue weighted by Crippen LogP contribution is -2.40. The number of rotatable bonds is 6. The Hall–Kier alpha value is -1.60. The smallest absolute Gasteiger partial charge is 0.321 e. The molecule has 0 unspecified atom stereocenters. The summed E-state index contributed by atoms with van der Waals surface area (Å²) in [5, 5.41) is 0. The quantitative estimate of drug-likeness (QED) is 0.740. The standard InChI is InChI=1S/C13H19NO5S/c1-10(2)14(9-13(15)19-4)20(16,17)12-7-5-6-11(8-12)18-3/h5-8,10H,9H2,1-4H3. The van der Waals surface area contributed by atoms with Crippen LogP contribution in [0.1, 0.15) is 13.8 Å². The van der Waals surface area contributed by atoms with Gasteiger partial charge in [-0.15, -0.1) is 0 Å². The molecule has 0 saturated carbocycles. The fraction of sp³-hybridized carbons (Fsp3) is 0.462. The number of hydrogen-bond acceptors (Lipinski definition) is 5. The van der Waals surface area contributed by atoms with Crippen LogP contribution in [0.2, 0.25) is 0 Å². The number of carbonyl (C=O) groups is 1. The third-order valence-electron chi connectivity index (χ3n) is 2.74. The van der Waals surface area contributed by atoms with Crippen molar-refractivity contribution in [3.05, 3.63) is 24.3 Å². The zero-order valence-electron chi connectivity index (χ0n) is 12.0. The molecule has 6 nitrogen and oxygen atoms in total. The first-order chi connectivity index (χ1) is 9.32. The van der Waals surface area contributed by atoms with E-state index in [-0.39, 0.29) is 17.5 Å². The first-order valence-electron chi connectivity index (χ1n) is 6.05. The molecule has 112 valence electrons. The minimum absolute atomic E-state index is 0.0782. The molecule has 0 atom stereocenters. The van der Waals surface area contributed by atoms with Crippen LogP contribution in [-0.4, -0.2) is 45.5 Å². The molecule has 7 heteroatoms. The normalized spacial score (nSPS) is 11.7. The SMILES string of the molecule is COC(=O)CN(C(C)C)S(=O)(=O)c1cccc(OC)c1. The molecular weight excluding hydrogens is 282 g/mol. The zero-order chi connectivity index (χ0) is 15.3. The van der Waals surface area contributed by atoms with E-state index in [2.05, 4.69) is 4.74 Å². The van der Waals surface area contributed by atoms with Gasteiger partial charge in [0.15, 0.2) is 0 Å². The number of esters is 1. The number of hydrogen-bond donors (Lipinski definition) is 0. The number of nitrogens with zero attached hydrogens (tertiary/aromatic N) is 1. The first-order valence-corrected chi connectivity index (χ1v) is 7.49. The Morgan fingerprint density at radius 2 is 1.95 bits per heavy atom. The maximum absolute atomic E-state index is 12.6. The lowest BCUT2D eigenvalue weighted by molar-refractivity contribution is -0.141. The number of carbonyl (C=O) groups excluding carboxylic acids is 1. The van der Waals surface area contributed by atoms with Gasteiger partial charge in [-0.2, -0.15) is 4.31 Å². The molecule has 1 aromatic rings. The Morgan fingerprint density at radius 1 is 1.30 bits per heavy atom. The van der Waals surface area contributed by atoms with Crippen molar-refractivity contribution in [1.82, 2.24) is 4.31 Å². The molecule has 0 saturated heterocycles. The number of ether oxygens (including phenoxy) is 2. The third-order valence-corrected chi connectivity index (χ3v) is 4.75. The summed E-state index contributed by atoms with van der Waals surface area (Å²) in [5.74, 6) is -0.168. The van der Waals surface area contributed by atoms with E-state index in [4.69, 9.17) is 4.74 Å². The van der Waals surface area contributed by atoms with Crippen LogP contribution < -0.4 is 4.74 Å². The summed E-state index contributed by atoms with van der Waals surface area (Å²) < 4.78 is 35.8. The fourth-order valence-corrected chi connectivity index (χ4v) is 3.25. The average molecular weight is 301 g/mol. The van der Waals surface area contributed by atoms with Gasteiger partial charge in [0.25, 0.3) is 0 Å². The van der Waals surface area contributed by atoms with Crippen LogP contribution in [0.5, 0.6) is 5.75 Å². The summed E-state index contributed by atoms with van der Waals surface area (Å²) in [5.41, 5.74) is 0. The second-order valence-electron chi connectivity index (χ2n) is 4.40. The molecule has 0 bridgehead atoms. The second kappa shape index (κ2) is 6.71. The van der Waals surface area contributed by atoms with E-state index in [0.29, 0.717) is 5.75 Å². The van der Waals surface area contributed by atoms with Crippen LogP contribution in [0.4, 0.5) is 0 Å². The van der Waals surface area contributed by atoms with Crippen LogP contribution in [0, 0.1) is 0 Å². The van der Waals surface area contributed by atoms with E-state index in [1.165, 1.54) is 26.4 Å². The molecule has 0 spiro atoms. The number of benzene rings is 1. The van der Waals surface area contributed by atoms with Gasteiger partial charge in [0.05, 0.1) is 19.1 Å². The molecule has 0 aliphatic heterocycles. The van der Waals surface area contributed by atoms with Crippen LogP contribution >= 0.6 is 0 Å². The predicted molar refractivity (Wildman–Crippen MR) is 74.0 cm³/mol. The molecule has 0 aliphatic carbocycles. The Morgan fingerprint density at radius 3 is 2.45 bits per heavy atom. The maximum atomic E-state index is 12.6. The molecular formula is C13H19NO5S. The summed E-state index contributed by atoms with van der Waals surface area (Å²) >= 11 is 0. The molecule has 1 rings (SSSR count). The molecule has 0 heterocycles. The molecule has 20 heavy (non-hydrogen) atoms. The van der Waals surface area contributed by atoms with Crippen LogP contribution in [0.25, 0.3) is 0 Å². The van der Waals surface area contributed by atoms with Crippen LogP contribution in [0.3, 0.4) is 0 Å². The first kappa shape index (κ1) is 16.5. The maximum Gasteiger partial charge on any atom is 0.321 e.